The summed E-state index contributed by atoms with van der Waals surface area (Å²) in [5.74, 6) is 1.68. The molecule has 3 rings (SSSR count). The zero-order chi connectivity index (χ0) is 16.2. The second-order valence-corrected chi connectivity index (χ2v) is 5.94. The molecular weight excluding hydrogens is 290 g/mol. The van der Waals surface area contributed by atoms with Crippen LogP contribution in [0.25, 0.3) is 0 Å². The molecule has 1 fully saturated rings. The number of nitrogens with zero attached hydrogens (tertiary/aromatic N) is 1. The van der Waals surface area contributed by atoms with Crippen molar-refractivity contribution in [2.75, 3.05) is 25.2 Å². The van der Waals surface area contributed by atoms with Crippen molar-refractivity contribution in [1.82, 2.24) is 0 Å². The number of methoxy groups -OCH3 is 1. The van der Waals surface area contributed by atoms with Crippen LogP contribution >= 0.6 is 0 Å². The molecule has 0 unspecified atom stereocenters. The summed E-state index contributed by atoms with van der Waals surface area (Å²) < 4.78 is 11.4. The number of para-hydroxylation sites is 1. The van der Waals surface area contributed by atoms with Gasteiger partial charge in [0.1, 0.15) is 11.5 Å². The molecule has 1 saturated heterocycles. The maximum Gasteiger partial charge on any atom is 0.130 e. The minimum atomic E-state index is 0.114. The number of aryl methyl sites for hydroxylation is 1. The predicted octanol–water partition coefficient (Wildman–Crippen LogP) is 3.37. The van der Waals surface area contributed by atoms with Crippen LogP contribution in [-0.4, -0.2) is 37.5 Å². The summed E-state index contributed by atoms with van der Waals surface area (Å²) in [5, 5.41) is 9.57. The number of rotatable bonds is 5. The SMILES string of the molecule is CO[C@H]1C[C@@H](CO)N(c2ccc(Oc3ccccc3C)cc2)C1. The Hall–Kier alpha value is -2.04. The fraction of sp³-hybridized carbons (Fsp3) is 0.368. The lowest BCUT2D eigenvalue weighted by Gasteiger charge is -2.25. The summed E-state index contributed by atoms with van der Waals surface area (Å²) >= 11 is 0. The molecule has 0 aliphatic carbocycles. The minimum Gasteiger partial charge on any atom is -0.457 e. The Bertz CT molecular complexity index is 641. The fourth-order valence-electron chi connectivity index (χ4n) is 3.04. The summed E-state index contributed by atoms with van der Waals surface area (Å²) in [7, 11) is 1.72. The molecule has 4 heteroatoms. The van der Waals surface area contributed by atoms with E-state index in [9.17, 15) is 5.11 Å². The third kappa shape index (κ3) is 3.49. The first kappa shape index (κ1) is 15.8. The molecule has 1 aliphatic heterocycles. The summed E-state index contributed by atoms with van der Waals surface area (Å²) in [6.45, 7) is 2.98. The molecule has 4 nitrogen and oxygen atoms in total. The average molecular weight is 313 g/mol. The lowest BCUT2D eigenvalue weighted by Crippen LogP contribution is -2.32. The largest absolute Gasteiger partial charge is 0.457 e. The van der Waals surface area contributed by atoms with Crippen LogP contribution in [0.4, 0.5) is 5.69 Å². The van der Waals surface area contributed by atoms with Crippen LogP contribution in [0.5, 0.6) is 11.5 Å². The van der Waals surface area contributed by atoms with E-state index in [-0.39, 0.29) is 18.8 Å². The van der Waals surface area contributed by atoms with Gasteiger partial charge in [-0.1, -0.05) is 18.2 Å². The van der Waals surface area contributed by atoms with Crippen LogP contribution in [0.1, 0.15) is 12.0 Å². The molecule has 2 aromatic rings. The van der Waals surface area contributed by atoms with Crippen LogP contribution in [0.3, 0.4) is 0 Å². The number of benzene rings is 2. The van der Waals surface area contributed by atoms with E-state index in [1.54, 1.807) is 7.11 Å². The van der Waals surface area contributed by atoms with Crippen LogP contribution in [0, 0.1) is 6.92 Å². The summed E-state index contributed by atoms with van der Waals surface area (Å²) in [4.78, 5) is 2.20. The summed E-state index contributed by atoms with van der Waals surface area (Å²) in [6.07, 6.45) is 1.03. The molecule has 23 heavy (non-hydrogen) atoms. The van der Waals surface area contributed by atoms with Gasteiger partial charge < -0.3 is 19.5 Å². The van der Waals surface area contributed by atoms with Crippen LogP contribution in [-0.2, 0) is 4.74 Å². The highest BCUT2D eigenvalue weighted by atomic mass is 16.5. The van der Waals surface area contributed by atoms with Gasteiger partial charge in [-0.25, -0.2) is 0 Å². The van der Waals surface area contributed by atoms with Crippen molar-refractivity contribution < 1.29 is 14.6 Å². The second kappa shape index (κ2) is 7.02. The normalized spacial score (nSPS) is 20.7. The van der Waals surface area contributed by atoms with E-state index in [0.717, 1.165) is 35.7 Å². The number of hydrogen-bond donors (Lipinski definition) is 1. The molecule has 0 radical (unpaired) electrons. The average Bonchev–Trinajstić information content (AvgIpc) is 3.01. The number of hydrogen-bond acceptors (Lipinski definition) is 4. The fourth-order valence-corrected chi connectivity index (χ4v) is 3.04. The summed E-state index contributed by atoms with van der Waals surface area (Å²) in [5.41, 5.74) is 2.19. The van der Waals surface area contributed by atoms with Crippen molar-refractivity contribution in [2.45, 2.75) is 25.5 Å². The van der Waals surface area contributed by atoms with Gasteiger partial charge in [-0.2, -0.15) is 0 Å². The minimum absolute atomic E-state index is 0.114. The van der Waals surface area contributed by atoms with Crippen molar-refractivity contribution in [2.24, 2.45) is 0 Å². The molecule has 0 bridgehead atoms. The number of anilines is 1. The Morgan fingerprint density at radius 2 is 1.87 bits per heavy atom. The van der Waals surface area contributed by atoms with Gasteiger partial charge in [-0.3, -0.25) is 0 Å². The topological polar surface area (TPSA) is 41.9 Å². The predicted molar refractivity (Wildman–Crippen MR) is 91.3 cm³/mol. The number of aliphatic hydroxyl groups is 1. The Morgan fingerprint density at radius 3 is 2.52 bits per heavy atom. The summed E-state index contributed by atoms with van der Waals surface area (Å²) in [6, 6.07) is 16.1. The highest BCUT2D eigenvalue weighted by Crippen LogP contribution is 2.30. The zero-order valence-corrected chi connectivity index (χ0v) is 13.6. The highest BCUT2D eigenvalue weighted by Gasteiger charge is 2.31. The van der Waals surface area contributed by atoms with Crippen molar-refractivity contribution in [3.05, 3.63) is 54.1 Å². The Kier molecular flexibility index (Phi) is 4.84. The third-order valence-electron chi connectivity index (χ3n) is 4.41. The van der Waals surface area contributed by atoms with Gasteiger partial charge in [-0.05, 0) is 49.2 Å². The van der Waals surface area contributed by atoms with E-state index in [2.05, 4.69) is 4.90 Å². The van der Waals surface area contributed by atoms with Crippen LogP contribution in [0.15, 0.2) is 48.5 Å². The van der Waals surface area contributed by atoms with Crippen LogP contribution in [0.2, 0.25) is 0 Å². The van der Waals surface area contributed by atoms with Gasteiger partial charge in [0.25, 0.3) is 0 Å². The molecule has 0 saturated carbocycles. The van der Waals surface area contributed by atoms with Crippen molar-refractivity contribution in [3.63, 3.8) is 0 Å². The molecule has 1 N–H and O–H groups in total. The molecule has 1 heterocycles. The molecule has 0 aromatic heterocycles. The third-order valence-corrected chi connectivity index (χ3v) is 4.41. The van der Waals surface area contributed by atoms with Gasteiger partial charge >= 0.3 is 0 Å². The Labute approximate surface area is 137 Å². The van der Waals surface area contributed by atoms with E-state index in [1.807, 2.05) is 55.5 Å². The smallest absolute Gasteiger partial charge is 0.130 e. The van der Waals surface area contributed by atoms with Gasteiger partial charge in [-0.15, -0.1) is 0 Å². The van der Waals surface area contributed by atoms with Gasteiger partial charge in [0.2, 0.25) is 0 Å². The van der Waals surface area contributed by atoms with Gasteiger partial charge in [0.05, 0.1) is 18.8 Å². The molecule has 2 atom stereocenters. The zero-order valence-electron chi connectivity index (χ0n) is 13.6. The second-order valence-electron chi connectivity index (χ2n) is 5.94. The first-order valence-corrected chi connectivity index (χ1v) is 7.95. The van der Waals surface area contributed by atoms with E-state index < -0.39 is 0 Å². The van der Waals surface area contributed by atoms with Crippen molar-refractivity contribution in [1.29, 1.82) is 0 Å². The maximum absolute atomic E-state index is 9.57. The maximum atomic E-state index is 9.57. The Morgan fingerprint density at radius 1 is 1.13 bits per heavy atom. The standard InChI is InChI=1S/C19H23NO3/c1-14-5-3-4-6-19(14)23-17-9-7-15(8-10-17)20-12-18(22-2)11-16(20)13-21/h3-10,16,18,21H,11-13H2,1-2H3/t16-,18-/m0/s1. The highest BCUT2D eigenvalue weighted by molar-refractivity contribution is 5.52. The molecule has 0 spiro atoms. The number of aliphatic hydroxyl groups excluding tert-OH is 1. The van der Waals surface area contributed by atoms with Crippen molar-refractivity contribution >= 4 is 5.69 Å². The lowest BCUT2D eigenvalue weighted by atomic mass is 10.2. The van der Waals surface area contributed by atoms with Gasteiger partial charge in [0.15, 0.2) is 0 Å². The molecule has 2 aromatic carbocycles. The molecule has 122 valence electrons. The van der Waals surface area contributed by atoms with E-state index in [1.165, 1.54) is 0 Å². The quantitative estimate of drug-likeness (QED) is 0.919. The van der Waals surface area contributed by atoms with Gasteiger partial charge in [0, 0.05) is 19.3 Å². The van der Waals surface area contributed by atoms with E-state index in [0.29, 0.717) is 0 Å². The first-order valence-electron chi connectivity index (χ1n) is 7.95. The monoisotopic (exact) mass is 313 g/mol. The first-order chi connectivity index (χ1) is 11.2. The molecule has 0 amide bonds. The van der Waals surface area contributed by atoms with Crippen molar-refractivity contribution in [3.8, 4) is 11.5 Å². The van der Waals surface area contributed by atoms with Crippen LogP contribution < -0.4 is 9.64 Å². The molecule has 1 aliphatic rings. The van der Waals surface area contributed by atoms with E-state index in [4.69, 9.17) is 9.47 Å². The lowest BCUT2D eigenvalue weighted by molar-refractivity contribution is 0.115. The number of ether oxygens (including phenoxy) is 2. The Balaban J connectivity index is 1.73. The molecular formula is C19H23NO3. The van der Waals surface area contributed by atoms with E-state index >= 15 is 0 Å².